The molecule has 0 saturated carbocycles. The number of hydrogen-bond donors (Lipinski definition) is 0. The van der Waals surface area contributed by atoms with E-state index < -0.39 is 5.41 Å². The highest BCUT2D eigenvalue weighted by atomic mass is 15.1. The van der Waals surface area contributed by atoms with E-state index in [1.54, 1.807) is 0 Å². The average Bonchev–Trinajstić information content (AvgIpc) is 3.99. The fourth-order valence-corrected chi connectivity index (χ4v) is 11.8. The summed E-state index contributed by atoms with van der Waals surface area (Å²) in [6.45, 7) is 0. The molecule has 12 aromatic rings. The number of anilines is 3. The molecule has 2 aliphatic rings. The Morgan fingerprint density at radius 3 is 1.26 bits per heavy atom. The third-order valence-corrected chi connectivity index (χ3v) is 14.4. The summed E-state index contributed by atoms with van der Waals surface area (Å²) >= 11 is 0. The molecule has 11 aromatic carbocycles. The first-order valence-electron chi connectivity index (χ1n) is 22.6. The monoisotopic (exact) mass is 824 g/mol. The lowest BCUT2D eigenvalue weighted by molar-refractivity contribution is 0.794. The number of benzene rings is 11. The van der Waals surface area contributed by atoms with Crippen molar-refractivity contribution < 1.29 is 0 Å². The van der Waals surface area contributed by atoms with Crippen molar-refractivity contribution >= 4 is 60.4 Å². The Kier molecular flexibility index (Phi) is 7.64. The van der Waals surface area contributed by atoms with Gasteiger partial charge in [-0.15, -0.1) is 0 Å². The van der Waals surface area contributed by atoms with Gasteiger partial charge in [-0.2, -0.15) is 0 Å². The van der Waals surface area contributed by atoms with E-state index in [-0.39, 0.29) is 0 Å². The number of para-hydroxylation sites is 3. The Hall–Kier alpha value is -8.46. The van der Waals surface area contributed by atoms with Crippen LogP contribution in [0.1, 0.15) is 22.3 Å². The van der Waals surface area contributed by atoms with Crippen molar-refractivity contribution in [1.29, 1.82) is 0 Å². The van der Waals surface area contributed by atoms with Crippen molar-refractivity contribution in [1.82, 2.24) is 4.57 Å². The largest absolute Gasteiger partial charge is 0.309 e. The molecule has 0 fully saturated rings. The van der Waals surface area contributed by atoms with Gasteiger partial charge in [0.2, 0.25) is 0 Å². The van der Waals surface area contributed by atoms with Crippen LogP contribution in [0.25, 0.3) is 82.4 Å². The highest BCUT2D eigenvalue weighted by molar-refractivity contribution is 6.22. The molecular weight excluding hydrogens is 785 g/mol. The van der Waals surface area contributed by atoms with Crippen molar-refractivity contribution in [2.24, 2.45) is 0 Å². The molecule has 0 atom stereocenters. The van der Waals surface area contributed by atoms with Crippen LogP contribution < -0.4 is 4.90 Å². The Morgan fingerprint density at radius 1 is 0.308 bits per heavy atom. The van der Waals surface area contributed by atoms with Crippen molar-refractivity contribution in [2.45, 2.75) is 5.41 Å². The minimum atomic E-state index is -0.420. The molecule has 0 bridgehead atoms. The molecule has 2 heteroatoms. The van der Waals surface area contributed by atoms with E-state index in [4.69, 9.17) is 0 Å². The van der Waals surface area contributed by atoms with Crippen LogP contribution in [0.15, 0.2) is 243 Å². The summed E-state index contributed by atoms with van der Waals surface area (Å²) in [5.41, 5.74) is 19.6. The van der Waals surface area contributed by atoms with E-state index in [1.807, 2.05) is 0 Å². The van der Waals surface area contributed by atoms with Crippen molar-refractivity contribution in [3.05, 3.63) is 265 Å². The summed E-state index contributed by atoms with van der Waals surface area (Å²) < 4.78 is 2.39. The van der Waals surface area contributed by atoms with Crippen molar-refractivity contribution in [3.63, 3.8) is 0 Å². The second-order valence-electron chi connectivity index (χ2n) is 17.5. The highest BCUT2D eigenvalue weighted by Gasteiger charge is 2.51. The van der Waals surface area contributed by atoms with Gasteiger partial charge in [0.05, 0.1) is 22.1 Å². The molecule has 2 aliphatic carbocycles. The number of rotatable bonds is 5. The zero-order chi connectivity index (χ0) is 42.6. The predicted octanol–water partition coefficient (Wildman–Crippen LogP) is 16.6. The molecular formula is C63H40N2. The van der Waals surface area contributed by atoms with Crippen LogP contribution in [0, 0.1) is 0 Å². The maximum absolute atomic E-state index is 2.53. The van der Waals surface area contributed by atoms with Crippen LogP contribution >= 0.6 is 0 Å². The Labute approximate surface area is 377 Å². The summed E-state index contributed by atoms with van der Waals surface area (Å²) in [7, 11) is 0. The molecule has 0 amide bonds. The minimum Gasteiger partial charge on any atom is -0.309 e. The highest BCUT2D eigenvalue weighted by Crippen LogP contribution is 2.63. The molecule has 0 aliphatic heterocycles. The standard InChI is InChI=1S/C63H40N2/c1-2-18-42(19-3-1)64(43-35-37-44(38-36-43)65-59-32-16-11-23-49(59)50-24-12-17-33-60(50)65)62-53-27-6-4-25-51(53)61(52-26-5-7-28-54(52)62)41-34-39-48-47-22-10-15-31-57(47)63(58(48)40-41)55-29-13-8-20-45(55)46-21-9-14-30-56(46)63/h1-40H. The van der Waals surface area contributed by atoms with Gasteiger partial charge in [0.15, 0.2) is 0 Å². The van der Waals surface area contributed by atoms with Gasteiger partial charge in [-0.25, -0.2) is 0 Å². The number of hydrogen-bond acceptors (Lipinski definition) is 1. The van der Waals surface area contributed by atoms with Gasteiger partial charge >= 0.3 is 0 Å². The lowest BCUT2D eigenvalue weighted by Gasteiger charge is -2.31. The van der Waals surface area contributed by atoms with Gasteiger partial charge in [-0.1, -0.05) is 188 Å². The minimum absolute atomic E-state index is 0.420. The molecule has 65 heavy (non-hydrogen) atoms. The van der Waals surface area contributed by atoms with Crippen molar-refractivity contribution in [2.75, 3.05) is 4.90 Å². The van der Waals surface area contributed by atoms with Gasteiger partial charge in [-0.3, -0.25) is 0 Å². The van der Waals surface area contributed by atoms with E-state index in [1.165, 1.54) is 105 Å². The van der Waals surface area contributed by atoms with Gasteiger partial charge in [0.1, 0.15) is 0 Å². The molecule has 0 unspecified atom stereocenters. The first kappa shape index (κ1) is 36.1. The number of fused-ring (bicyclic) bond motifs is 15. The third kappa shape index (κ3) is 4.94. The van der Waals surface area contributed by atoms with Gasteiger partial charge in [0.25, 0.3) is 0 Å². The predicted molar refractivity (Wildman–Crippen MR) is 272 cm³/mol. The molecule has 14 rings (SSSR count). The summed E-state index contributed by atoms with van der Waals surface area (Å²) in [6.07, 6.45) is 0. The Morgan fingerprint density at radius 2 is 0.723 bits per heavy atom. The van der Waals surface area contributed by atoms with E-state index in [0.29, 0.717) is 0 Å². The molecule has 0 N–H and O–H groups in total. The SMILES string of the molecule is c1ccc(N(c2ccc(-n3c4ccccc4c4ccccc43)cc2)c2c3ccccc3c(-c3ccc4c(c3)C3(c5ccccc5-c5ccccc53)c3ccccc3-4)c3ccccc23)cc1. The number of aromatic nitrogens is 1. The Bertz CT molecular complexity index is 3720. The van der Waals surface area contributed by atoms with Crippen LogP contribution in [-0.4, -0.2) is 4.57 Å². The topological polar surface area (TPSA) is 8.17 Å². The van der Waals surface area contributed by atoms with Gasteiger partial charge in [-0.05, 0) is 121 Å². The molecule has 302 valence electrons. The lowest BCUT2D eigenvalue weighted by atomic mass is 9.70. The third-order valence-electron chi connectivity index (χ3n) is 14.4. The van der Waals surface area contributed by atoms with Gasteiger partial charge < -0.3 is 9.47 Å². The molecule has 1 heterocycles. The number of nitrogens with zero attached hydrogens (tertiary/aromatic N) is 2. The van der Waals surface area contributed by atoms with Crippen molar-refractivity contribution in [3.8, 4) is 39.1 Å². The van der Waals surface area contributed by atoms with E-state index in [0.717, 1.165) is 17.1 Å². The molecule has 0 radical (unpaired) electrons. The fourth-order valence-electron chi connectivity index (χ4n) is 11.8. The zero-order valence-corrected chi connectivity index (χ0v) is 35.5. The molecule has 0 saturated heterocycles. The van der Waals surface area contributed by atoms with E-state index >= 15 is 0 Å². The smallest absolute Gasteiger partial charge is 0.0725 e. The van der Waals surface area contributed by atoms with Crippen LogP contribution in [0.5, 0.6) is 0 Å². The second-order valence-corrected chi connectivity index (χ2v) is 17.5. The second kappa shape index (κ2) is 13.8. The Balaban J connectivity index is 1.000. The molecule has 1 aromatic heterocycles. The van der Waals surface area contributed by atoms with Crippen LogP contribution in [0.2, 0.25) is 0 Å². The van der Waals surface area contributed by atoms with E-state index in [9.17, 15) is 0 Å². The summed E-state index contributed by atoms with van der Waals surface area (Å²) in [4.78, 5) is 2.46. The summed E-state index contributed by atoms with van der Waals surface area (Å²) in [5, 5.41) is 7.37. The molecule has 1 spiro atoms. The maximum Gasteiger partial charge on any atom is 0.0725 e. The van der Waals surface area contributed by atoms with Gasteiger partial charge in [0, 0.05) is 38.6 Å². The summed E-state index contributed by atoms with van der Waals surface area (Å²) in [6, 6.07) is 90.0. The zero-order valence-electron chi connectivity index (χ0n) is 35.5. The molecule has 2 nitrogen and oxygen atoms in total. The normalized spacial score (nSPS) is 13.0. The van der Waals surface area contributed by atoms with Crippen LogP contribution in [0.4, 0.5) is 17.1 Å². The quantitative estimate of drug-likeness (QED) is 0.157. The van der Waals surface area contributed by atoms with Crippen LogP contribution in [0.3, 0.4) is 0 Å². The lowest BCUT2D eigenvalue weighted by Crippen LogP contribution is -2.25. The van der Waals surface area contributed by atoms with Crippen LogP contribution in [-0.2, 0) is 5.41 Å². The average molecular weight is 825 g/mol. The first-order valence-corrected chi connectivity index (χ1v) is 22.6. The van der Waals surface area contributed by atoms with E-state index in [2.05, 4.69) is 252 Å². The summed E-state index contributed by atoms with van der Waals surface area (Å²) in [5.74, 6) is 0. The fraction of sp³-hybridized carbons (Fsp3) is 0.0159. The first-order chi connectivity index (χ1) is 32.3. The maximum atomic E-state index is 2.53.